The molecule has 0 saturated carbocycles. The van der Waals surface area contributed by atoms with Crippen molar-refractivity contribution in [1.29, 1.82) is 0 Å². The smallest absolute Gasteiger partial charge is 0.0208 e. The normalized spacial score (nSPS) is 18.3. The fourth-order valence-electron chi connectivity index (χ4n) is 2.24. The van der Waals surface area contributed by atoms with Crippen LogP contribution in [0.2, 0.25) is 0 Å². The molecule has 2 rings (SSSR count). The number of aryl methyl sites for hydroxylation is 1. The van der Waals surface area contributed by atoms with Gasteiger partial charge in [-0.1, -0.05) is 26.5 Å². The molecule has 1 aromatic rings. The van der Waals surface area contributed by atoms with Crippen molar-refractivity contribution in [3.05, 3.63) is 47.1 Å². The van der Waals surface area contributed by atoms with Gasteiger partial charge in [-0.05, 0) is 60.4 Å². The van der Waals surface area contributed by atoms with Gasteiger partial charge in [0.05, 0.1) is 0 Å². The van der Waals surface area contributed by atoms with E-state index in [1.54, 1.807) is 0 Å². The first kappa shape index (κ1) is 14.4. The molecule has 1 saturated heterocycles. The van der Waals surface area contributed by atoms with Crippen LogP contribution in [0, 0.1) is 6.92 Å². The zero-order chi connectivity index (χ0) is 13.8. The molecule has 1 heterocycles. The molecule has 19 heavy (non-hydrogen) atoms. The molecule has 102 valence electrons. The molecule has 2 heteroatoms. The van der Waals surface area contributed by atoms with Crippen LogP contribution in [0.3, 0.4) is 0 Å². The Morgan fingerprint density at radius 1 is 1.37 bits per heavy atom. The fourth-order valence-corrected chi connectivity index (χ4v) is 3.18. The molecule has 0 radical (unpaired) electrons. The standard InChI is InChI=1S/C17H23NS/c1-12(2)19-17-6-5-15(14(4)9-17)10-16-11-18-8-7-13(16)3/h5-6,9-10,12,18H,3,7-8,11H2,1-2,4H3/b16-10-. The first-order valence-corrected chi connectivity index (χ1v) is 7.81. The highest BCUT2D eigenvalue weighted by Gasteiger charge is 2.09. The molecule has 1 aromatic carbocycles. The summed E-state index contributed by atoms with van der Waals surface area (Å²) in [7, 11) is 0. The molecule has 0 unspecified atom stereocenters. The highest BCUT2D eigenvalue weighted by atomic mass is 32.2. The molecule has 1 fully saturated rings. The van der Waals surface area contributed by atoms with Gasteiger partial charge in [-0.2, -0.15) is 0 Å². The van der Waals surface area contributed by atoms with Gasteiger partial charge >= 0.3 is 0 Å². The lowest BCUT2D eigenvalue weighted by molar-refractivity contribution is 0.687. The van der Waals surface area contributed by atoms with Crippen LogP contribution in [0.15, 0.2) is 40.8 Å². The predicted octanol–water partition coefficient (Wildman–Crippen LogP) is 4.43. The molecule has 0 spiro atoms. The third-order valence-electron chi connectivity index (χ3n) is 3.32. The lowest BCUT2D eigenvalue weighted by atomic mass is 9.97. The van der Waals surface area contributed by atoms with Crippen molar-refractivity contribution >= 4 is 17.8 Å². The number of piperidine rings is 1. The van der Waals surface area contributed by atoms with Gasteiger partial charge in [-0.15, -0.1) is 11.8 Å². The lowest BCUT2D eigenvalue weighted by Gasteiger charge is -2.19. The molecular weight excluding hydrogens is 250 g/mol. The quantitative estimate of drug-likeness (QED) is 0.818. The molecule has 1 nitrogen and oxygen atoms in total. The van der Waals surface area contributed by atoms with Crippen LogP contribution in [0.5, 0.6) is 0 Å². The minimum atomic E-state index is 0.630. The summed E-state index contributed by atoms with van der Waals surface area (Å²) in [5.74, 6) is 0. The number of hydrogen-bond donors (Lipinski definition) is 1. The van der Waals surface area contributed by atoms with Gasteiger partial charge < -0.3 is 5.32 Å². The van der Waals surface area contributed by atoms with Crippen molar-refractivity contribution in [2.75, 3.05) is 13.1 Å². The summed E-state index contributed by atoms with van der Waals surface area (Å²) >= 11 is 1.92. The largest absolute Gasteiger partial charge is 0.312 e. The average Bonchev–Trinajstić information content (AvgIpc) is 2.34. The predicted molar refractivity (Wildman–Crippen MR) is 86.8 cm³/mol. The van der Waals surface area contributed by atoms with Crippen LogP contribution in [0.4, 0.5) is 0 Å². The topological polar surface area (TPSA) is 12.0 Å². The number of nitrogens with one attached hydrogen (secondary N) is 1. The summed E-state index contributed by atoms with van der Waals surface area (Å²) < 4.78 is 0. The molecule has 0 atom stereocenters. The maximum absolute atomic E-state index is 4.17. The maximum Gasteiger partial charge on any atom is 0.0208 e. The van der Waals surface area contributed by atoms with Gasteiger partial charge in [0, 0.05) is 16.7 Å². The van der Waals surface area contributed by atoms with E-state index in [0.717, 1.165) is 19.5 Å². The van der Waals surface area contributed by atoms with Crippen molar-refractivity contribution < 1.29 is 0 Å². The van der Waals surface area contributed by atoms with Crippen LogP contribution < -0.4 is 5.32 Å². The number of thioether (sulfide) groups is 1. The van der Waals surface area contributed by atoms with E-state index in [1.807, 2.05) is 11.8 Å². The molecule has 0 aromatic heterocycles. The molecular formula is C17H23NS. The van der Waals surface area contributed by atoms with Crippen molar-refractivity contribution in [2.45, 2.75) is 37.3 Å². The van der Waals surface area contributed by atoms with Gasteiger partial charge in [-0.25, -0.2) is 0 Å². The van der Waals surface area contributed by atoms with Gasteiger partial charge in [0.15, 0.2) is 0 Å². The Morgan fingerprint density at radius 3 is 2.79 bits per heavy atom. The molecule has 1 aliphatic rings. The summed E-state index contributed by atoms with van der Waals surface area (Å²) in [5.41, 5.74) is 5.28. The maximum atomic E-state index is 4.17. The Kier molecular flexibility index (Phi) is 4.89. The zero-order valence-electron chi connectivity index (χ0n) is 12.1. The highest BCUT2D eigenvalue weighted by Crippen LogP contribution is 2.27. The second kappa shape index (κ2) is 6.44. The molecule has 0 amide bonds. The van der Waals surface area contributed by atoms with Crippen molar-refractivity contribution in [2.24, 2.45) is 0 Å². The van der Waals surface area contributed by atoms with Crippen LogP contribution in [0.25, 0.3) is 6.08 Å². The van der Waals surface area contributed by atoms with E-state index in [1.165, 1.54) is 27.2 Å². The van der Waals surface area contributed by atoms with Crippen LogP contribution in [-0.2, 0) is 0 Å². The Balaban J connectivity index is 2.21. The summed E-state index contributed by atoms with van der Waals surface area (Å²) in [5, 5.41) is 4.04. The second-order valence-corrected chi connectivity index (χ2v) is 7.03. The van der Waals surface area contributed by atoms with Crippen LogP contribution >= 0.6 is 11.8 Å². The van der Waals surface area contributed by atoms with Gasteiger partial charge in [0.25, 0.3) is 0 Å². The minimum Gasteiger partial charge on any atom is -0.312 e. The average molecular weight is 273 g/mol. The van der Waals surface area contributed by atoms with E-state index in [9.17, 15) is 0 Å². The van der Waals surface area contributed by atoms with E-state index in [-0.39, 0.29) is 0 Å². The van der Waals surface area contributed by atoms with Gasteiger partial charge in [0.1, 0.15) is 0 Å². The first-order chi connectivity index (χ1) is 9.06. The van der Waals surface area contributed by atoms with E-state index in [2.05, 4.69) is 56.9 Å². The number of rotatable bonds is 3. The molecule has 0 bridgehead atoms. The first-order valence-electron chi connectivity index (χ1n) is 6.93. The SMILES string of the molecule is C=C1CCNC/C1=C/c1ccc(SC(C)C)cc1C. The Labute approximate surface area is 121 Å². The van der Waals surface area contributed by atoms with E-state index in [4.69, 9.17) is 0 Å². The second-order valence-electron chi connectivity index (χ2n) is 5.38. The van der Waals surface area contributed by atoms with Crippen molar-refractivity contribution in [1.82, 2.24) is 5.32 Å². The number of hydrogen-bond acceptors (Lipinski definition) is 2. The zero-order valence-corrected chi connectivity index (χ0v) is 12.9. The van der Waals surface area contributed by atoms with E-state index >= 15 is 0 Å². The summed E-state index contributed by atoms with van der Waals surface area (Å²) in [4.78, 5) is 1.36. The summed E-state index contributed by atoms with van der Waals surface area (Å²) in [6.07, 6.45) is 3.35. The van der Waals surface area contributed by atoms with E-state index in [0.29, 0.717) is 5.25 Å². The summed E-state index contributed by atoms with van der Waals surface area (Å²) in [6.45, 7) is 12.8. The lowest BCUT2D eigenvalue weighted by Crippen LogP contribution is -2.25. The van der Waals surface area contributed by atoms with Gasteiger partial charge in [0.2, 0.25) is 0 Å². The Morgan fingerprint density at radius 2 is 2.16 bits per heavy atom. The molecule has 1 aliphatic heterocycles. The number of benzene rings is 1. The third-order valence-corrected chi connectivity index (χ3v) is 4.31. The highest BCUT2D eigenvalue weighted by molar-refractivity contribution is 7.99. The van der Waals surface area contributed by atoms with Crippen LogP contribution in [-0.4, -0.2) is 18.3 Å². The van der Waals surface area contributed by atoms with Crippen LogP contribution in [0.1, 0.15) is 31.4 Å². The third kappa shape index (κ3) is 3.99. The monoisotopic (exact) mass is 273 g/mol. The molecule has 1 N–H and O–H groups in total. The fraction of sp³-hybridized carbons (Fsp3) is 0.412. The Bertz CT molecular complexity index is 500. The summed E-state index contributed by atoms with van der Waals surface area (Å²) in [6, 6.07) is 6.74. The van der Waals surface area contributed by atoms with E-state index < -0.39 is 0 Å². The molecule has 0 aliphatic carbocycles. The van der Waals surface area contributed by atoms with Crippen molar-refractivity contribution in [3.8, 4) is 0 Å². The minimum absolute atomic E-state index is 0.630. The van der Waals surface area contributed by atoms with Gasteiger partial charge in [-0.3, -0.25) is 0 Å². The van der Waals surface area contributed by atoms with Crippen molar-refractivity contribution in [3.63, 3.8) is 0 Å². The Hall–Kier alpha value is -0.990.